The molecule has 58 heavy (non-hydrogen) atoms. The van der Waals surface area contributed by atoms with Crippen LogP contribution in [-0.2, 0) is 25.7 Å². The van der Waals surface area contributed by atoms with Gasteiger partial charge < -0.3 is 48.8 Å². The van der Waals surface area contributed by atoms with Crippen LogP contribution >= 0.6 is 0 Å². The van der Waals surface area contributed by atoms with Gasteiger partial charge in [-0.15, -0.1) is 0 Å². The number of hydrogen-bond donors (Lipinski definition) is 4. The number of aromatic carboxylic acids is 1. The third kappa shape index (κ3) is 7.83. The number of carboxylic acids is 1. The number of phenols is 3. The third-order valence-corrected chi connectivity index (χ3v) is 11.2. The number of nitrogens with zero attached hydrogens (tertiary/aromatic N) is 2. The fourth-order valence-electron chi connectivity index (χ4n) is 8.00. The molecule has 0 aliphatic carbocycles. The molecule has 0 spiro atoms. The molecule has 0 aromatic heterocycles. The van der Waals surface area contributed by atoms with Gasteiger partial charge in [0, 0.05) is 30.7 Å². The van der Waals surface area contributed by atoms with Crippen molar-refractivity contribution in [2.45, 2.75) is 37.8 Å². The number of hydrogen-bond acceptors (Lipinski definition) is 12. The lowest BCUT2D eigenvalue weighted by Crippen LogP contribution is -2.34. The predicted molar refractivity (Wildman–Crippen MR) is 216 cm³/mol. The van der Waals surface area contributed by atoms with Crippen LogP contribution in [0.3, 0.4) is 0 Å². The number of phenolic OH excluding ortho intramolecular Hbond substituents is 3. The van der Waals surface area contributed by atoms with Crippen molar-refractivity contribution in [3.63, 3.8) is 0 Å². The second kappa shape index (κ2) is 16.7. The summed E-state index contributed by atoms with van der Waals surface area (Å²) in [5, 5.41) is 35.0. The van der Waals surface area contributed by atoms with Gasteiger partial charge in [-0.25, -0.2) is 4.79 Å². The quantitative estimate of drug-likeness (QED) is 0.129. The number of aromatic hydroxyl groups is 3. The Labute approximate surface area is 337 Å². The Bertz CT molecular complexity index is 2300. The van der Waals surface area contributed by atoms with Crippen molar-refractivity contribution in [3.8, 4) is 63.2 Å². The lowest BCUT2D eigenvalue weighted by molar-refractivity contribution is 0.0695. The van der Waals surface area contributed by atoms with E-state index in [0.29, 0.717) is 40.2 Å². The molecule has 304 valence electrons. The molecule has 0 fully saturated rings. The number of rotatable bonds is 5. The number of methoxy groups -OCH3 is 4. The summed E-state index contributed by atoms with van der Waals surface area (Å²) in [7, 11) is 11.1. The minimum Gasteiger partial charge on any atom is -0.504 e. The number of carboxylic acid groups (broad SMARTS) is 1. The van der Waals surface area contributed by atoms with Crippen LogP contribution in [-0.4, -0.2) is 91.8 Å². The topological polar surface area (TPSA) is 160 Å². The Morgan fingerprint density at radius 1 is 0.655 bits per heavy atom. The normalized spacial score (nSPS) is 17.2. The van der Waals surface area contributed by atoms with Gasteiger partial charge in [0.25, 0.3) is 0 Å². The molecule has 0 saturated carbocycles. The number of fused-ring (bicyclic) bond motifs is 2. The van der Waals surface area contributed by atoms with Crippen molar-refractivity contribution in [3.05, 3.63) is 112 Å². The SMILES string of the molecule is COc1ccc2cc1Oc1ccc(cc1)C[C@H]1c3cc(c(OC)cc3CCN1C)Oc1c(OC)c(OC)cc3c1[C@H](C2)N(C)CC3.O=C(O)c1cc(O)c(O)c(O)c1. The molecule has 5 aromatic rings. The number of carbonyl (C=O) groups is 1. The van der Waals surface area contributed by atoms with Gasteiger partial charge in [-0.05, 0) is 122 Å². The first-order chi connectivity index (χ1) is 27.9. The highest BCUT2D eigenvalue weighted by atomic mass is 16.5. The van der Waals surface area contributed by atoms with Crippen LogP contribution in [0.2, 0.25) is 0 Å². The van der Waals surface area contributed by atoms with Gasteiger partial charge in [-0.3, -0.25) is 9.80 Å². The average Bonchev–Trinajstić information content (AvgIpc) is 3.22. The van der Waals surface area contributed by atoms with E-state index in [1.165, 1.54) is 22.3 Å². The van der Waals surface area contributed by atoms with Crippen LogP contribution in [0.4, 0.5) is 0 Å². The molecule has 0 saturated heterocycles. The highest BCUT2D eigenvalue weighted by molar-refractivity contribution is 5.89. The Hall–Kier alpha value is -6.31. The van der Waals surface area contributed by atoms with Gasteiger partial charge in [0.15, 0.2) is 51.7 Å². The molecular weight excluding hydrogens is 744 g/mol. The largest absolute Gasteiger partial charge is 0.504 e. The highest BCUT2D eigenvalue weighted by Gasteiger charge is 2.35. The van der Waals surface area contributed by atoms with Gasteiger partial charge >= 0.3 is 5.97 Å². The predicted octanol–water partition coefficient (Wildman–Crippen LogP) is 7.66. The van der Waals surface area contributed by atoms with E-state index in [1.807, 2.05) is 18.2 Å². The number of likely N-dealkylation sites (N-methyl/N-ethyl adjacent to an activating group) is 2. The van der Waals surface area contributed by atoms with E-state index in [9.17, 15) is 4.79 Å². The zero-order valence-electron chi connectivity index (χ0n) is 33.4. The Morgan fingerprint density at radius 3 is 1.88 bits per heavy atom. The molecule has 0 unspecified atom stereocenters. The summed E-state index contributed by atoms with van der Waals surface area (Å²) in [6, 6.07) is 22.9. The number of benzene rings is 5. The van der Waals surface area contributed by atoms with Gasteiger partial charge in [0.1, 0.15) is 5.75 Å². The molecule has 5 aromatic carbocycles. The van der Waals surface area contributed by atoms with E-state index in [4.69, 9.17) is 48.8 Å². The van der Waals surface area contributed by atoms with Gasteiger partial charge in [0.05, 0.1) is 34.0 Å². The first kappa shape index (κ1) is 39.9. The van der Waals surface area contributed by atoms with Crippen molar-refractivity contribution < 1.29 is 53.6 Å². The van der Waals surface area contributed by atoms with Gasteiger partial charge in [-0.1, -0.05) is 18.2 Å². The molecular formula is C45H48N2O11. The summed E-state index contributed by atoms with van der Waals surface area (Å²) < 4.78 is 37.1. The van der Waals surface area contributed by atoms with Crippen LogP contribution in [0.1, 0.15) is 55.8 Å². The first-order valence-corrected chi connectivity index (χ1v) is 18.9. The fourth-order valence-corrected chi connectivity index (χ4v) is 8.00. The minimum atomic E-state index is -1.29. The van der Waals surface area contributed by atoms with E-state index in [1.54, 1.807) is 28.4 Å². The molecule has 4 aliphatic heterocycles. The third-order valence-electron chi connectivity index (χ3n) is 11.2. The summed E-state index contributed by atoms with van der Waals surface area (Å²) in [5.74, 6) is 2.08. The number of ether oxygens (including phenoxy) is 6. The second-order valence-electron chi connectivity index (χ2n) is 14.6. The maximum absolute atomic E-state index is 10.3. The zero-order valence-corrected chi connectivity index (χ0v) is 33.4. The Balaban J connectivity index is 0.000000368. The minimum absolute atomic E-state index is 0.000437. The van der Waals surface area contributed by atoms with Crippen LogP contribution in [0.25, 0.3) is 0 Å². The first-order valence-electron chi connectivity index (χ1n) is 18.9. The summed E-state index contributed by atoms with van der Waals surface area (Å²) in [6.07, 6.45) is 3.37. The Morgan fingerprint density at radius 2 is 1.24 bits per heavy atom. The molecule has 4 heterocycles. The van der Waals surface area contributed by atoms with Crippen molar-refractivity contribution >= 4 is 5.97 Å². The molecule has 13 heteroatoms. The maximum atomic E-state index is 10.3. The van der Waals surface area contributed by atoms with Crippen LogP contribution < -0.4 is 28.4 Å². The van der Waals surface area contributed by atoms with E-state index >= 15 is 0 Å². The molecule has 0 radical (unpaired) electrons. The van der Waals surface area contributed by atoms with E-state index in [-0.39, 0.29) is 17.6 Å². The van der Waals surface area contributed by atoms with Crippen molar-refractivity contribution in [2.75, 3.05) is 55.6 Å². The fraction of sp³-hybridized carbons (Fsp3) is 0.311. The molecule has 0 amide bonds. The van der Waals surface area contributed by atoms with Gasteiger partial charge in [-0.2, -0.15) is 0 Å². The van der Waals surface area contributed by atoms with E-state index in [2.05, 4.69) is 66.4 Å². The van der Waals surface area contributed by atoms with Crippen LogP contribution in [0, 0.1) is 0 Å². The monoisotopic (exact) mass is 792 g/mol. The zero-order chi connectivity index (χ0) is 41.2. The summed E-state index contributed by atoms with van der Waals surface area (Å²) in [6.45, 7) is 1.86. The molecule has 9 rings (SSSR count). The van der Waals surface area contributed by atoms with E-state index in [0.717, 1.165) is 67.8 Å². The van der Waals surface area contributed by atoms with Crippen LogP contribution in [0.15, 0.2) is 72.8 Å². The summed E-state index contributed by atoms with van der Waals surface area (Å²) in [4.78, 5) is 15.1. The molecule has 4 aliphatic rings. The maximum Gasteiger partial charge on any atom is 0.335 e. The van der Waals surface area contributed by atoms with Crippen LogP contribution in [0.5, 0.6) is 63.2 Å². The lowest BCUT2D eigenvalue weighted by Gasteiger charge is -2.37. The van der Waals surface area contributed by atoms with Crippen molar-refractivity contribution in [1.82, 2.24) is 9.80 Å². The highest BCUT2D eigenvalue weighted by Crippen LogP contribution is 2.52. The summed E-state index contributed by atoms with van der Waals surface area (Å²) >= 11 is 0. The Kier molecular flexibility index (Phi) is 11.5. The molecule has 13 nitrogen and oxygen atoms in total. The van der Waals surface area contributed by atoms with Crippen molar-refractivity contribution in [2.24, 2.45) is 0 Å². The standard InChI is InChI=1S/C38H42N2O6.C7H6O5/c1-39-15-13-25-20-32(42-4)34-22-28(25)29(39)17-23-7-10-27(11-8-23)45-33-19-24(9-12-31(33)41-3)18-30-36-26(14-16-40(30)2)21-35(43-5)37(44-6)38(36)46-34;8-4-1-3(7(11)12)2-5(9)6(4)10/h7-12,19-22,29-30H,13-18H2,1-6H3;1-2,8-10H,(H,11,12)/t29-,30-;/m0./s1. The summed E-state index contributed by atoms with van der Waals surface area (Å²) in [5.41, 5.74) is 6.86. The molecule has 2 atom stereocenters. The molecule has 6 bridgehead atoms. The lowest BCUT2D eigenvalue weighted by atomic mass is 9.87. The smallest absolute Gasteiger partial charge is 0.335 e. The average molecular weight is 793 g/mol. The van der Waals surface area contributed by atoms with Crippen molar-refractivity contribution in [1.29, 1.82) is 0 Å². The molecule has 4 N–H and O–H groups in total. The van der Waals surface area contributed by atoms with Gasteiger partial charge in [0.2, 0.25) is 5.75 Å². The van der Waals surface area contributed by atoms with E-state index < -0.39 is 23.2 Å². The second-order valence-corrected chi connectivity index (χ2v) is 14.6.